The van der Waals surface area contributed by atoms with E-state index < -0.39 is 78.3 Å². The van der Waals surface area contributed by atoms with E-state index in [-0.39, 0.29) is 17.7 Å². The van der Waals surface area contributed by atoms with E-state index in [0.717, 1.165) is 6.07 Å². The van der Waals surface area contributed by atoms with Crippen LogP contribution in [0.2, 0.25) is 0 Å². The van der Waals surface area contributed by atoms with Crippen LogP contribution in [0.5, 0.6) is 0 Å². The molecule has 1 atom stereocenters. The van der Waals surface area contributed by atoms with Crippen LogP contribution in [0.3, 0.4) is 0 Å². The fourth-order valence-electron chi connectivity index (χ4n) is 3.02. The lowest BCUT2D eigenvalue weighted by Gasteiger charge is -2.29. The molecule has 2 fully saturated rings. The summed E-state index contributed by atoms with van der Waals surface area (Å²) < 4.78 is 79.1. The van der Waals surface area contributed by atoms with E-state index in [2.05, 4.69) is 0 Å². The van der Waals surface area contributed by atoms with Gasteiger partial charge in [0, 0.05) is 43.6 Å². The van der Waals surface area contributed by atoms with Crippen molar-refractivity contribution in [1.82, 2.24) is 15.5 Å². The quantitative estimate of drug-likeness (QED) is 0.692. The molecule has 2 N–H and O–H groups in total. The van der Waals surface area contributed by atoms with Crippen LogP contribution >= 0.6 is 0 Å². The van der Waals surface area contributed by atoms with Crippen molar-refractivity contribution in [2.24, 2.45) is 0 Å². The van der Waals surface area contributed by atoms with E-state index in [0.29, 0.717) is 11.0 Å². The largest absolute Gasteiger partial charge is 0.369 e. The Morgan fingerprint density at radius 1 is 1.12 bits per heavy atom. The lowest BCUT2D eigenvalue weighted by atomic mass is 10.0. The number of carbonyl (C=O) groups is 4. The number of amides is 4. The summed E-state index contributed by atoms with van der Waals surface area (Å²) in [5.74, 6) is -5.28. The van der Waals surface area contributed by atoms with Gasteiger partial charge in [0.15, 0.2) is 0 Å². The smallest absolute Gasteiger partial charge is 0.265 e. The Morgan fingerprint density at radius 3 is 2.54 bits per heavy atom. The first-order valence-electron chi connectivity index (χ1n) is 11.6. The van der Waals surface area contributed by atoms with E-state index in [4.69, 9.17) is 11.0 Å². The number of anilines is 1. The lowest BCUT2D eigenvalue weighted by molar-refractivity contribution is -0.136. The molecule has 0 aromatic heterocycles. The van der Waals surface area contributed by atoms with Crippen LogP contribution in [0.1, 0.15) is 44.5 Å². The number of piperazine rings is 1. The summed E-state index contributed by atoms with van der Waals surface area (Å²) >= 11 is 0. The highest BCUT2D eigenvalue weighted by Crippen LogP contribution is 2.32. The number of benzene rings is 1. The van der Waals surface area contributed by atoms with Crippen molar-refractivity contribution in [3.05, 3.63) is 29.1 Å². The summed E-state index contributed by atoms with van der Waals surface area (Å²) in [5.41, 5.74) is -2.15. The van der Waals surface area contributed by atoms with Gasteiger partial charge in [0.25, 0.3) is 11.8 Å². The number of fused-ring (bicyclic) bond motifs is 1. The molecule has 3 aliphatic heterocycles. The van der Waals surface area contributed by atoms with Gasteiger partial charge in [0.2, 0.25) is 11.8 Å². The summed E-state index contributed by atoms with van der Waals surface area (Å²) in [4.78, 5) is 49.9. The number of nitrogens with one attached hydrogen (secondary N) is 2. The van der Waals surface area contributed by atoms with E-state index in [9.17, 15) is 19.2 Å². The average Bonchev–Trinajstić information content (AvgIpc) is 2.91. The van der Waals surface area contributed by atoms with E-state index in [1.165, 1.54) is 0 Å². The Bertz CT molecular complexity index is 1130. The van der Waals surface area contributed by atoms with Crippen molar-refractivity contribution >= 4 is 29.3 Å². The topological polar surface area (TPSA) is 98.8 Å². The zero-order valence-electron chi connectivity index (χ0n) is 21.1. The van der Waals surface area contributed by atoms with Crippen molar-refractivity contribution in [3.63, 3.8) is 0 Å². The molecule has 3 aliphatic rings. The lowest BCUT2D eigenvalue weighted by Crippen LogP contribution is -2.54. The van der Waals surface area contributed by atoms with Crippen molar-refractivity contribution in [2.45, 2.75) is 18.9 Å². The van der Waals surface area contributed by atoms with Crippen LogP contribution in [0, 0.1) is 5.82 Å². The first-order valence-corrected chi connectivity index (χ1v) is 7.59. The predicted octanol–water partition coefficient (Wildman–Crippen LogP) is -0.364. The van der Waals surface area contributed by atoms with Gasteiger partial charge >= 0.3 is 0 Å². The molecular weight excluding hydrogens is 343 g/mol. The normalized spacial score (nSPS) is 35.7. The molecular formula is C17H17FN4O4. The van der Waals surface area contributed by atoms with Crippen LogP contribution in [0.15, 0.2) is 12.1 Å². The Morgan fingerprint density at radius 2 is 1.85 bits per heavy atom. The molecule has 4 rings (SSSR count). The van der Waals surface area contributed by atoms with Crippen LogP contribution < -0.4 is 15.5 Å². The molecule has 9 heteroatoms. The molecule has 1 aromatic rings. The molecule has 4 amide bonds. The summed E-state index contributed by atoms with van der Waals surface area (Å²) in [6.07, 6.45) is -0.378. The number of halogens is 1. The standard InChI is InChI=1S/C17H17FN4O4/c18-11-8-9(21-5-3-19-4-6-21)7-10-14(11)17(26)22(16(10)25)12-1-2-13(23)20-15(12)24/h7-8,12,19H,1-6H2,(H,20,23,24)/i3D2,4D2,5D2,6D2. The minimum atomic E-state index is -3.29. The van der Waals surface area contributed by atoms with Crippen molar-refractivity contribution in [2.75, 3.05) is 30.9 Å². The third-order valence-corrected chi connectivity index (χ3v) is 4.20. The molecule has 1 aromatic carbocycles. The maximum absolute atomic E-state index is 15.1. The minimum Gasteiger partial charge on any atom is -0.369 e. The molecule has 0 aliphatic carbocycles. The van der Waals surface area contributed by atoms with E-state index in [1.54, 1.807) is 5.32 Å². The Kier molecular flexibility index (Phi) is 2.32. The number of rotatable bonds is 2. The van der Waals surface area contributed by atoms with Gasteiger partial charge in [-0.2, -0.15) is 0 Å². The molecule has 0 spiro atoms. The molecule has 0 saturated carbocycles. The van der Waals surface area contributed by atoms with Gasteiger partial charge in [-0.15, -0.1) is 0 Å². The molecule has 0 radical (unpaired) electrons. The zero-order chi connectivity index (χ0) is 25.6. The van der Waals surface area contributed by atoms with Gasteiger partial charge in [0.05, 0.1) is 16.6 Å². The zero-order valence-corrected chi connectivity index (χ0v) is 13.1. The number of imide groups is 2. The Labute approximate surface area is 159 Å². The van der Waals surface area contributed by atoms with E-state index in [1.807, 2.05) is 5.32 Å². The number of carbonyl (C=O) groups excluding carboxylic acids is 4. The molecule has 8 nitrogen and oxygen atoms in total. The molecule has 0 bridgehead atoms. The van der Waals surface area contributed by atoms with Gasteiger partial charge < -0.3 is 10.2 Å². The highest BCUT2D eigenvalue weighted by molar-refractivity contribution is 6.23. The maximum atomic E-state index is 15.1. The Balaban J connectivity index is 1.83. The van der Waals surface area contributed by atoms with Crippen LogP contribution in [0.4, 0.5) is 10.1 Å². The van der Waals surface area contributed by atoms with Gasteiger partial charge in [-0.25, -0.2) is 4.39 Å². The highest BCUT2D eigenvalue weighted by atomic mass is 19.1. The van der Waals surface area contributed by atoms with Crippen molar-refractivity contribution in [1.29, 1.82) is 0 Å². The first-order chi connectivity index (χ1) is 15.4. The second-order valence-electron chi connectivity index (χ2n) is 5.73. The number of nitrogens with zero attached hydrogens (tertiary/aromatic N) is 2. The fourth-order valence-corrected chi connectivity index (χ4v) is 3.02. The van der Waals surface area contributed by atoms with E-state index >= 15 is 4.39 Å². The molecule has 1 unspecified atom stereocenters. The monoisotopic (exact) mass is 368 g/mol. The molecule has 2 saturated heterocycles. The SMILES string of the molecule is [2H]C1([2H])NC([2H])([2H])C([2H])([2H])N(c2cc(F)c3c(c2)C(=O)N(C2CCC(=O)NC2=O)C3=O)C1([2H])[2H]. The maximum Gasteiger partial charge on any atom is 0.265 e. The molecule has 136 valence electrons. The number of hydrogen-bond acceptors (Lipinski definition) is 6. The summed E-state index contributed by atoms with van der Waals surface area (Å²) in [7, 11) is 0. The summed E-state index contributed by atoms with van der Waals surface area (Å²) in [6, 6.07) is -0.170. The average molecular weight is 368 g/mol. The van der Waals surface area contributed by atoms with Crippen LogP contribution in [-0.4, -0.2) is 60.6 Å². The second-order valence-corrected chi connectivity index (χ2v) is 5.73. The molecule has 26 heavy (non-hydrogen) atoms. The summed E-state index contributed by atoms with van der Waals surface area (Å²) in [6.45, 7) is -12.9. The number of piperidine rings is 1. The van der Waals surface area contributed by atoms with Crippen LogP contribution in [-0.2, 0) is 9.59 Å². The highest BCUT2D eigenvalue weighted by Gasteiger charge is 2.46. The Hall–Kier alpha value is -2.81. The third-order valence-electron chi connectivity index (χ3n) is 4.20. The second kappa shape index (κ2) is 6.17. The third kappa shape index (κ3) is 2.55. The number of hydrogen-bond donors (Lipinski definition) is 2. The van der Waals surface area contributed by atoms with Gasteiger partial charge in [-0.05, 0) is 18.6 Å². The predicted molar refractivity (Wildman–Crippen MR) is 88.2 cm³/mol. The van der Waals surface area contributed by atoms with Crippen molar-refractivity contribution < 1.29 is 34.5 Å². The molecule has 3 heterocycles. The van der Waals surface area contributed by atoms with Gasteiger partial charge in [-0.3, -0.25) is 29.4 Å². The van der Waals surface area contributed by atoms with Gasteiger partial charge in [0.1, 0.15) is 11.9 Å². The first kappa shape index (κ1) is 9.77. The fraction of sp³-hybridized carbons (Fsp3) is 0.412. The minimum absolute atomic E-state index is 0.0340. The van der Waals surface area contributed by atoms with Crippen LogP contribution in [0.25, 0.3) is 0 Å². The summed E-state index contributed by atoms with van der Waals surface area (Å²) in [5, 5.41) is 3.61. The van der Waals surface area contributed by atoms with Gasteiger partial charge in [-0.1, -0.05) is 0 Å². The van der Waals surface area contributed by atoms with Crippen molar-refractivity contribution in [3.8, 4) is 0 Å².